The predicted molar refractivity (Wildman–Crippen MR) is 70.0 cm³/mol. The summed E-state index contributed by atoms with van der Waals surface area (Å²) in [6.07, 6.45) is 1.07. The summed E-state index contributed by atoms with van der Waals surface area (Å²) in [7, 11) is 0. The number of hydrogen-bond donors (Lipinski definition) is 0. The van der Waals surface area contributed by atoms with Crippen molar-refractivity contribution >= 4 is 11.6 Å². The van der Waals surface area contributed by atoms with Gasteiger partial charge in [-0.05, 0) is 35.6 Å². The predicted octanol–water partition coefficient (Wildman–Crippen LogP) is 4.69. The molecule has 0 bridgehead atoms. The van der Waals surface area contributed by atoms with Gasteiger partial charge in [0.2, 0.25) is 0 Å². The van der Waals surface area contributed by atoms with Crippen LogP contribution in [-0.4, -0.2) is 0 Å². The van der Waals surface area contributed by atoms with Crippen molar-refractivity contribution < 1.29 is 0 Å². The van der Waals surface area contributed by atoms with Gasteiger partial charge in [-0.3, -0.25) is 0 Å². The molecule has 0 saturated carbocycles. The van der Waals surface area contributed by atoms with Crippen LogP contribution in [-0.2, 0) is 6.42 Å². The van der Waals surface area contributed by atoms with Crippen molar-refractivity contribution in [3.05, 3.63) is 70.7 Å². The van der Waals surface area contributed by atoms with Crippen molar-refractivity contribution in [1.29, 1.82) is 0 Å². The SMILES string of the molecule is CC(Cc1ccccc1)c1ccc(Cl)cc1. The minimum absolute atomic E-state index is 0.527. The van der Waals surface area contributed by atoms with Crippen molar-refractivity contribution in [2.45, 2.75) is 19.3 Å². The van der Waals surface area contributed by atoms with Gasteiger partial charge in [-0.15, -0.1) is 0 Å². The summed E-state index contributed by atoms with van der Waals surface area (Å²) in [4.78, 5) is 0. The largest absolute Gasteiger partial charge is 0.0843 e. The van der Waals surface area contributed by atoms with Crippen LogP contribution in [0.5, 0.6) is 0 Å². The molecule has 0 aliphatic carbocycles. The summed E-state index contributed by atoms with van der Waals surface area (Å²) in [6.45, 7) is 2.25. The Hall–Kier alpha value is -1.27. The molecule has 2 rings (SSSR count). The van der Waals surface area contributed by atoms with Crippen molar-refractivity contribution in [2.75, 3.05) is 0 Å². The van der Waals surface area contributed by atoms with Crippen molar-refractivity contribution in [3.63, 3.8) is 0 Å². The first-order valence-corrected chi connectivity index (χ1v) is 5.93. The zero-order chi connectivity index (χ0) is 11.4. The number of rotatable bonds is 3. The second-order valence-electron chi connectivity index (χ2n) is 4.14. The topological polar surface area (TPSA) is 0 Å². The summed E-state index contributed by atoms with van der Waals surface area (Å²) in [5, 5.41) is 0.802. The molecule has 0 spiro atoms. The van der Waals surface area contributed by atoms with Crippen LogP contribution < -0.4 is 0 Å². The van der Waals surface area contributed by atoms with E-state index >= 15 is 0 Å². The first-order valence-electron chi connectivity index (χ1n) is 5.55. The van der Waals surface area contributed by atoms with E-state index in [9.17, 15) is 0 Å². The lowest BCUT2D eigenvalue weighted by molar-refractivity contribution is 0.759. The molecular formula is C15H15Cl. The van der Waals surface area contributed by atoms with Crippen LogP contribution in [0.2, 0.25) is 5.02 Å². The van der Waals surface area contributed by atoms with Gasteiger partial charge in [-0.25, -0.2) is 0 Å². The van der Waals surface area contributed by atoms with Gasteiger partial charge in [0.1, 0.15) is 0 Å². The molecule has 16 heavy (non-hydrogen) atoms. The Bertz CT molecular complexity index is 431. The molecule has 0 aliphatic heterocycles. The quantitative estimate of drug-likeness (QED) is 0.718. The second kappa shape index (κ2) is 5.18. The Morgan fingerprint density at radius 3 is 2.19 bits per heavy atom. The fourth-order valence-corrected chi connectivity index (χ4v) is 2.00. The van der Waals surface area contributed by atoms with Crippen LogP contribution in [0.4, 0.5) is 0 Å². The minimum atomic E-state index is 0.527. The van der Waals surface area contributed by atoms with E-state index in [-0.39, 0.29) is 0 Å². The number of hydrogen-bond acceptors (Lipinski definition) is 0. The van der Waals surface area contributed by atoms with Crippen LogP contribution in [0.15, 0.2) is 54.6 Å². The van der Waals surface area contributed by atoms with Crippen LogP contribution in [0, 0.1) is 0 Å². The summed E-state index contributed by atoms with van der Waals surface area (Å²) >= 11 is 5.88. The fourth-order valence-electron chi connectivity index (χ4n) is 1.88. The van der Waals surface area contributed by atoms with Gasteiger partial charge in [-0.2, -0.15) is 0 Å². The van der Waals surface area contributed by atoms with Crippen molar-refractivity contribution in [2.24, 2.45) is 0 Å². The Morgan fingerprint density at radius 1 is 0.938 bits per heavy atom. The molecule has 82 valence electrons. The van der Waals surface area contributed by atoms with Crippen molar-refractivity contribution in [3.8, 4) is 0 Å². The average Bonchev–Trinajstić information content (AvgIpc) is 2.31. The lowest BCUT2D eigenvalue weighted by Crippen LogP contribution is -1.97. The van der Waals surface area contributed by atoms with Gasteiger partial charge >= 0.3 is 0 Å². The van der Waals surface area contributed by atoms with Gasteiger partial charge in [0, 0.05) is 5.02 Å². The van der Waals surface area contributed by atoms with Gasteiger partial charge in [0.15, 0.2) is 0 Å². The zero-order valence-electron chi connectivity index (χ0n) is 9.36. The Morgan fingerprint density at radius 2 is 1.56 bits per heavy atom. The average molecular weight is 231 g/mol. The molecule has 1 atom stereocenters. The molecular weight excluding hydrogens is 216 g/mol. The van der Waals surface area contributed by atoms with Gasteiger partial charge in [0.05, 0.1) is 0 Å². The lowest BCUT2D eigenvalue weighted by atomic mass is 9.94. The highest BCUT2D eigenvalue weighted by Crippen LogP contribution is 2.21. The Labute approximate surface area is 102 Å². The third-order valence-corrected chi connectivity index (χ3v) is 3.08. The molecule has 2 aromatic carbocycles. The molecule has 0 aliphatic rings. The molecule has 1 heteroatoms. The van der Waals surface area contributed by atoms with E-state index in [1.54, 1.807) is 0 Å². The third-order valence-electron chi connectivity index (χ3n) is 2.82. The molecule has 0 saturated heterocycles. The van der Waals surface area contributed by atoms with E-state index in [1.165, 1.54) is 11.1 Å². The molecule has 1 unspecified atom stereocenters. The fraction of sp³-hybridized carbons (Fsp3) is 0.200. The Kier molecular flexibility index (Phi) is 3.63. The standard InChI is InChI=1S/C15H15Cl/c1-12(11-13-5-3-2-4-6-13)14-7-9-15(16)10-8-14/h2-10,12H,11H2,1H3. The highest BCUT2D eigenvalue weighted by atomic mass is 35.5. The summed E-state index contributed by atoms with van der Waals surface area (Å²) in [5.41, 5.74) is 2.72. The second-order valence-corrected chi connectivity index (χ2v) is 4.58. The van der Waals surface area contributed by atoms with E-state index in [0.29, 0.717) is 5.92 Å². The summed E-state index contributed by atoms with van der Waals surface area (Å²) < 4.78 is 0. The normalized spacial score (nSPS) is 12.4. The molecule has 0 nitrogen and oxygen atoms in total. The first-order chi connectivity index (χ1) is 7.75. The lowest BCUT2D eigenvalue weighted by Gasteiger charge is -2.11. The molecule has 0 heterocycles. The maximum Gasteiger partial charge on any atom is 0.0406 e. The molecule has 2 aromatic rings. The molecule has 0 aromatic heterocycles. The van der Waals surface area contributed by atoms with Gasteiger partial charge in [0.25, 0.3) is 0 Å². The third kappa shape index (κ3) is 2.86. The summed E-state index contributed by atoms with van der Waals surface area (Å²) in [5.74, 6) is 0.527. The number of benzene rings is 2. The van der Waals surface area contributed by atoms with E-state index < -0.39 is 0 Å². The van der Waals surface area contributed by atoms with Gasteiger partial charge in [-0.1, -0.05) is 61.0 Å². The van der Waals surface area contributed by atoms with Gasteiger partial charge < -0.3 is 0 Å². The van der Waals surface area contributed by atoms with Crippen LogP contribution in [0.1, 0.15) is 24.0 Å². The monoisotopic (exact) mass is 230 g/mol. The minimum Gasteiger partial charge on any atom is -0.0843 e. The molecule has 0 radical (unpaired) electrons. The van der Waals surface area contributed by atoms with E-state index in [2.05, 4.69) is 49.4 Å². The highest BCUT2D eigenvalue weighted by Gasteiger charge is 2.05. The molecule has 0 amide bonds. The van der Waals surface area contributed by atoms with Crippen LogP contribution in [0.25, 0.3) is 0 Å². The maximum atomic E-state index is 5.88. The Balaban J connectivity index is 2.09. The van der Waals surface area contributed by atoms with Crippen LogP contribution in [0.3, 0.4) is 0 Å². The van der Waals surface area contributed by atoms with Crippen LogP contribution >= 0.6 is 11.6 Å². The van der Waals surface area contributed by atoms with Crippen molar-refractivity contribution in [1.82, 2.24) is 0 Å². The maximum absolute atomic E-state index is 5.88. The smallest absolute Gasteiger partial charge is 0.0406 e. The zero-order valence-corrected chi connectivity index (χ0v) is 10.1. The van der Waals surface area contributed by atoms with E-state index in [4.69, 9.17) is 11.6 Å². The first kappa shape index (κ1) is 11.2. The highest BCUT2D eigenvalue weighted by molar-refractivity contribution is 6.30. The van der Waals surface area contributed by atoms with E-state index in [1.807, 2.05) is 12.1 Å². The van der Waals surface area contributed by atoms with E-state index in [0.717, 1.165) is 11.4 Å². The summed E-state index contributed by atoms with van der Waals surface area (Å²) in [6, 6.07) is 18.7. The number of halogens is 1. The molecule has 0 N–H and O–H groups in total. The molecule has 0 fully saturated rings.